The van der Waals surface area contributed by atoms with Crippen LogP contribution in [-0.2, 0) is 4.74 Å². The molecule has 0 bridgehead atoms. The number of anilines is 1. The molecule has 6 heteroatoms. The number of benzene rings is 1. The van der Waals surface area contributed by atoms with Crippen molar-refractivity contribution in [1.82, 2.24) is 14.5 Å². The summed E-state index contributed by atoms with van der Waals surface area (Å²) in [6.07, 6.45) is 5.84. The van der Waals surface area contributed by atoms with Crippen LogP contribution < -0.4 is 5.32 Å². The normalized spacial score (nSPS) is 15.2. The Bertz CT molecular complexity index is 1100. The van der Waals surface area contributed by atoms with E-state index in [2.05, 4.69) is 74.1 Å². The predicted molar refractivity (Wildman–Crippen MR) is 114 cm³/mol. The van der Waals surface area contributed by atoms with Crippen LogP contribution in [0.25, 0.3) is 27.8 Å². The van der Waals surface area contributed by atoms with Gasteiger partial charge in [0, 0.05) is 36.7 Å². The largest absolute Gasteiger partial charge is 0.381 e. The molecule has 1 N–H and O–H groups in total. The van der Waals surface area contributed by atoms with Gasteiger partial charge in [0.2, 0.25) is 0 Å². The smallest absolute Gasteiger partial charge is 0.150 e. The quantitative estimate of drug-likeness (QED) is 0.530. The van der Waals surface area contributed by atoms with Gasteiger partial charge in [-0.2, -0.15) is 11.3 Å². The van der Waals surface area contributed by atoms with Crippen molar-refractivity contribution >= 4 is 28.2 Å². The van der Waals surface area contributed by atoms with Crippen molar-refractivity contribution in [3.05, 3.63) is 59.2 Å². The highest BCUT2D eigenvalue weighted by Gasteiger charge is 2.20. The first-order chi connectivity index (χ1) is 13.8. The van der Waals surface area contributed by atoms with Gasteiger partial charge in [0.15, 0.2) is 5.65 Å². The molecular weight excluding hydrogens is 368 g/mol. The molecule has 0 saturated carbocycles. The number of ether oxygens (including phenoxy) is 1. The number of aryl methyl sites for hydroxylation is 1. The molecule has 4 aromatic rings. The molecule has 0 aliphatic carbocycles. The predicted octanol–water partition coefficient (Wildman–Crippen LogP) is 5.05. The number of fused-ring (bicyclic) bond motifs is 1. The van der Waals surface area contributed by atoms with E-state index in [9.17, 15) is 0 Å². The van der Waals surface area contributed by atoms with E-state index in [-0.39, 0.29) is 0 Å². The van der Waals surface area contributed by atoms with Crippen LogP contribution in [0.15, 0.2) is 53.6 Å². The fourth-order valence-corrected chi connectivity index (χ4v) is 4.47. The van der Waals surface area contributed by atoms with Crippen LogP contribution in [-0.4, -0.2) is 33.8 Å². The maximum absolute atomic E-state index is 5.51. The standard InChI is InChI=1S/C22H22N4OS/c1-15-3-2-4-18(11-15)26-12-19(16-7-10-28-13-16)20-21(23-14-24-22(20)26)25-17-5-8-27-9-6-17/h2-4,7,10-14,17H,5-6,8-9H2,1H3,(H,23,24,25). The molecule has 1 saturated heterocycles. The summed E-state index contributed by atoms with van der Waals surface area (Å²) in [4.78, 5) is 9.29. The van der Waals surface area contributed by atoms with Crippen LogP contribution in [0.3, 0.4) is 0 Å². The average molecular weight is 391 g/mol. The monoisotopic (exact) mass is 390 g/mol. The Morgan fingerprint density at radius 2 is 2.07 bits per heavy atom. The van der Waals surface area contributed by atoms with Gasteiger partial charge in [-0.3, -0.25) is 0 Å². The number of rotatable bonds is 4. The number of hydrogen-bond acceptors (Lipinski definition) is 5. The number of hydrogen-bond donors (Lipinski definition) is 1. The molecule has 0 radical (unpaired) electrons. The molecule has 4 heterocycles. The summed E-state index contributed by atoms with van der Waals surface area (Å²) in [5.74, 6) is 0.907. The van der Waals surface area contributed by atoms with Gasteiger partial charge in [-0.1, -0.05) is 12.1 Å². The Kier molecular flexibility index (Phi) is 4.58. The van der Waals surface area contributed by atoms with Crippen LogP contribution in [0, 0.1) is 6.92 Å². The first kappa shape index (κ1) is 17.4. The second-order valence-corrected chi connectivity index (χ2v) is 8.00. The van der Waals surface area contributed by atoms with Gasteiger partial charge in [-0.15, -0.1) is 0 Å². The fourth-order valence-electron chi connectivity index (χ4n) is 3.82. The summed E-state index contributed by atoms with van der Waals surface area (Å²) >= 11 is 1.71. The van der Waals surface area contributed by atoms with Gasteiger partial charge >= 0.3 is 0 Å². The highest BCUT2D eigenvalue weighted by Crippen LogP contribution is 2.36. The minimum atomic E-state index is 0.379. The lowest BCUT2D eigenvalue weighted by molar-refractivity contribution is 0.0904. The van der Waals surface area contributed by atoms with E-state index in [4.69, 9.17) is 4.74 Å². The maximum Gasteiger partial charge on any atom is 0.150 e. The Morgan fingerprint density at radius 3 is 2.86 bits per heavy atom. The lowest BCUT2D eigenvalue weighted by atomic mass is 10.1. The number of aromatic nitrogens is 3. The van der Waals surface area contributed by atoms with E-state index >= 15 is 0 Å². The molecule has 5 nitrogen and oxygen atoms in total. The molecule has 0 spiro atoms. The Hall–Kier alpha value is -2.70. The van der Waals surface area contributed by atoms with E-state index in [0.717, 1.165) is 54.2 Å². The summed E-state index contributed by atoms with van der Waals surface area (Å²) in [5.41, 5.74) is 5.63. The highest BCUT2D eigenvalue weighted by atomic mass is 32.1. The van der Waals surface area contributed by atoms with E-state index in [1.165, 1.54) is 11.1 Å². The zero-order valence-electron chi connectivity index (χ0n) is 15.8. The topological polar surface area (TPSA) is 52.0 Å². The summed E-state index contributed by atoms with van der Waals surface area (Å²) in [7, 11) is 0. The number of nitrogens with zero attached hydrogens (tertiary/aromatic N) is 3. The van der Waals surface area contributed by atoms with Crippen LogP contribution >= 0.6 is 11.3 Å². The molecule has 0 atom stereocenters. The van der Waals surface area contributed by atoms with Crippen LogP contribution in [0.4, 0.5) is 5.82 Å². The molecule has 1 aromatic carbocycles. The molecule has 0 unspecified atom stereocenters. The molecule has 0 amide bonds. The SMILES string of the molecule is Cc1cccc(-n2cc(-c3ccsc3)c3c(NC4CCOCC4)ncnc32)c1. The van der Waals surface area contributed by atoms with Gasteiger partial charge in [0.05, 0.1) is 5.39 Å². The number of nitrogens with one attached hydrogen (secondary N) is 1. The second-order valence-electron chi connectivity index (χ2n) is 7.22. The summed E-state index contributed by atoms with van der Waals surface area (Å²) < 4.78 is 7.68. The van der Waals surface area contributed by atoms with Gasteiger partial charge in [0.25, 0.3) is 0 Å². The van der Waals surface area contributed by atoms with Crippen molar-refractivity contribution in [2.45, 2.75) is 25.8 Å². The van der Waals surface area contributed by atoms with Gasteiger partial charge in [0.1, 0.15) is 12.1 Å². The van der Waals surface area contributed by atoms with Crippen LogP contribution in [0.2, 0.25) is 0 Å². The average Bonchev–Trinajstić information content (AvgIpc) is 3.37. The first-order valence-corrected chi connectivity index (χ1v) is 10.5. The Balaban J connectivity index is 1.69. The van der Waals surface area contributed by atoms with Crippen molar-refractivity contribution in [1.29, 1.82) is 0 Å². The minimum absolute atomic E-state index is 0.379. The molecule has 28 heavy (non-hydrogen) atoms. The van der Waals surface area contributed by atoms with Crippen LogP contribution in [0.1, 0.15) is 18.4 Å². The van der Waals surface area contributed by atoms with Crippen molar-refractivity contribution in [3.8, 4) is 16.8 Å². The van der Waals surface area contributed by atoms with Crippen LogP contribution in [0.5, 0.6) is 0 Å². The molecule has 5 rings (SSSR count). The highest BCUT2D eigenvalue weighted by molar-refractivity contribution is 7.08. The van der Waals surface area contributed by atoms with E-state index in [1.807, 2.05) is 0 Å². The van der Waals surface area contributed by atoms with Crippen molar-refractivity contribution in [2.75, 3.05) is 18.5 Å². The zero-order chi connectivity index (χ0) is 18.9. The van der Waals surface area contributed by atoms with Gasteiger partial charge in [-0.05, 0) is 59.9 Å². The Morgan fingerprint density at radius 1 is 1.18 bits per heavy atom. The zero-order valence-corrected chi connectivity index (χ0v) is 16.6. The second kappa shape index (κ2) is 7.37. The van der Waals surface area contributed by atoms with E-state index in [0.29, 0.717) is 6.04 Å². The molecule has 1 aliphatic rings. The molecule has 3 aromatic heterocycles. The maximum atomic E-state index is 5.51. The fraction of sp³-hybridized carbons (Fsp3) is 0.273. The third-order valence-electron chi connectivity index (χ3n) is 5.26. The van der Waals surface area contributed by atoms with E-state index in [1.54, 1.807) is 17.7 Å². The third-order valence-corrected chi connectivity index (χ3v) is 5.94. The van der Waals surface area contributed by atoms with Crippen molar-refractivity contribution < 1.29 is 4.74 Å². The van der Waals surface area contributed by atoms with Crippen molar-refractivity contribution in [2.24, 2.45) is 0 Å². The summed E-state index contributed by atoms with van der Waals surface area (Å²) in [5, 5.41) is 9.03. The summed E-state index contributed by atoms with van der Waals surface area (Å²) in [6, 6.07) is 11.0. The van der Waals surface area contributed by atoms with E-state index < -0.39 is 0 Å². The van der Waals surface area contributed by atoms with Crippen molar-refractivity contribution in [3.63, 3.8) is 0 Å². The lowest BCUT2D eigenvalue weighted by Crippen LogP contribution is -2.28. The third kappa shape index (κ3) is 3.19. The lowest BCUT2D eigenvalue weighted by Gasteiger charge is -2.24. The number of thiophene rings is 1. The minimum Gasteiger partial charge on any atom is -0.381 e. The molecular formula is C22H22N4OS. The molecule has 1 aliphatic heterocycles. The summed E-state index contributed by atoms with van der Waals surface area (Å²) in [6.45, 7) is 3.71. The van der Waals surface area contributed by atoms with Gasteiger partial charge in [-0.25, -0.2) is 9.97 Å². The first-order valence-electron chi connectivity index (χ1n) is 9.59. The molecule has 1 fully saturated rings. The Labute approximate surface area is 168 Å². The molecule has 142 valence electrons. The van der Waals surface area contributed by atoms with Gasteiger partial charge < -0.3 is 14.6 Å².